The van der Waals surface area contributed by atoms with E-state index in [-0.39, 0.29) is 11.3 Å². The van der Waals surface area contributed by atoms with Gasteiger partial charge in [0, 0.05) is 5.46 Å². The first-order valence-electron chi connectivity index (χ1n) is 6.02. The second-order valence-electron chi connectivity index (χ2n) is 4.51. The van der Waals surface area contributed by atoms with E-state index in [1.165, 1.54) is 6.07 Å². The predicted molar refractivity (Wildman–Crippen MR) is 76.8 cm³/mol. The SMILES string of the molecule is C=C1OB(c2ccc3c(C=O)c(O)ccc3c2)OC1=C. The molecule has 1 aliphatic rings. The summed E-state index contributed by atoms with van der Waals surface area (Å²) in [5, 5.41) is 11.2. The maximum Gasteiger partial charge on any atom is 0.632 e. The van der Waals surface area contributed by atoms with Gasteiger partial charge >= 0.3 is 7.12 Å². The van der Waals surface area contributed by atoms with E-state index in [0.717, 1.165) is 10.8 Å². The van der Waals surface area contributed by atoms with Crippen LogP contribution in [0.3, 0.4) is 0 Å². The second kappa shape index (κ2) is 4.45. The standard InChI is InChI=1S/C15H11BO4/c1-9-10(2)20-16(19-9)12-4-5-13-11(7-12)3-6-15(18)14(13)8-17/h3-8,18H,1-2H2. The molecule has 2 aromatic carbocycles. The molecule has 0 radical (unpaired) electrons. The molecule has 0 saturated carbocycles. The Balaban J connectivity index is 2.08. The van der Waals surface area contributed by atoms with Crippen molar-refractivity contribution in [2.24, 2.45) is 0 Å². The van der Waals surface area contributed by atoms with Gasteiger partial charge < -0.3 is 14.4 Å². The summed E-state index contributed by atoms with van der Waals surface area (Å²) >= 11 is 0. The van der Waals surface area contributed by atoms with Gasteiger partial charge in [-0.3, -0.25) is 4.79 Å². The molecular weight excluding hydrogens is 255 g/mol. The molecule has 0 aliphatic carbocycles. The molecule has 5 heteroatoms. The van der Waals surface area contributed by atoms with E-state index in [0.29, 0.717) is 23.2 Å². The van der Waals surface area contributed by atoms with Crippen LogP contribution in [0.1, 0.15) is 10.4 Å². The zero-order valence-corrected chi connectivity index (χ0v) is 10.6. The molecule has 0 bridgehead atoms. The Labute approximate surface area is 116 Å². The first-order valence-corrected chi connectivity index (χ1v) is 6.02. The van der Waals surface area contributed by atoms with Crippen LogP contribution in [0.15, 0.2) is 55.0 Å². The Morgan fingerprint density at radius 1 is 1.10 bits per heavy atom. The summed E-state index contributed by atoms with van der Waals surface area (Å²) in [4.78, 5) is 11.0. The third kappa shape index (κ3) is 1.84. The fourth-order valence-corrected chi connectivity index (χ4v) is 2.18. The summed E-state index contributed by atoms with van der Waals surface area (Å²) in [6.07, 6.45) is 0.642. The van der Waals surface area contributed by atoms with Crippen LogP contribution in [0, 0.1) is 0 Å². The predicted octanol–water partition coefficient (Wildman–Crippen LogP) is 2.13. The number of hydrogen-bond acceptors (Lipinski definition) is 4. The second-order valence-corrected chi connectivity index (χ2v) is 4.51. The van der Waals surface area contributed by atoms with Crippen LogP contribution in [0.4, 0.5) is 0 Å². The van der Waals surface area contributed by atoms with Crippen LogP contribution >= 0.6 is 0 Å². The zero-order valence-electron chi connectivity index (χ0n) is 10.6. The quantitative estimate of drug-likeness (QED) is 0.668. The molecular formula is C15H11BO4. The summed E-state index contributed by atoms with van der Waals surface area (Å²) in [6.45, 7) is 7.37. The van der Waals surface area contributed by atoms with E-state index in [9.17, 15) is 9.90 Å². The molecule has 3 rings (SSSR count). The molecule has 0 unspecified atom stereocenters. The summed E-state index contributed by atoms with van der Waals surface area (Å²) in [7, 11) is -0.576. The molecule has 0 amide bonds. The zero-order chi connectivity index (χ0) is 14.3. The van der Waals surface area contributed by atoms with Gasteiger partial charge in [-0.25, -0.2) is 0 Å². The highest BCUT2D eigenvalue weighted by molar-refractivity contribution is 6.63. The van der Waals surface area contributed by atoms with Gasteiger partial charge in [-0.1, -0.05) is 37.4 Å². The number of carbonyl (C=O) groups is 1. The highest BCUT2D eigenvalue weighted by atomic mass is 16.6. The number of aromatic hydroxyl groups is 1. The van der Waals surface area contributed by atoms with E-state index in [1.54, 1.807) is 18.2 Å². The molecule has 1 aliphatic heterocycles. The van der Waals surface area contributed by atoms with Gasteiger partial charge in [-0.05, 0) is 16.8 Å². The van der Waals surface area contributed by atoms with E-state index in [2.05, 4.69) is 13.2 Å². The number of aldehydes is 1. The number of benzene rings is 2. The number of hydrogen-bond donors (Lipinski definition) is 1. The van der Waals surface area contributed by atoms with Crippen LogP contribution in [0.25, 0.3) is 10.8 Å². The molecule has 2 aromatic rings. The molecule has 1 fully saturated rings. The smallest absolute Gasteiger partial charge is 0.520 e. The largest absolute Gasteiger partial charge is 0.632 e. The lowest BCUT2D eigenvalue weighted by Crippen LogP contribution is -2.31. The van der Waals surface area contributed by atoms with Crippen molar-refractivity contribution in [2.45, 2.75) is 0 Å². The average Bonchev–Trinajstić information content (AvgIpc) is 2.78. The number of phenols is 1. The topological polar surface area (TPSA) is 55.8 Å². The van der Waals surface area contributed by atoms with E-state index < -0.39 is 7.12 Å². The third-order valence-corrected chi connectivity index (χ3v) is 3.26. The van der Waals surface area contributed by atoms with Crippen LogP contribution in [0.2, 0.25) is 0 Å². The van der Waals surface area contributed by atoms with Crippen LogP contribution in [0.5, 0.6) is 5.75 Å². The van der Waals surface area contributed by atoms with Gasteiger partial charge in [0.15, 0.2) is 6.29 Å². The minimum absolute atomic E-state index is 0.0321. The average molecular weight is 266 g/mol. The molecule has 0 spiro atoms. The fraction of sp³-hybridized carbons (Fsp3) is 0. The van der Waals surface area contributed by atoms with Crippen molar-refractivity contribution in [3.05, 3.63) is 60.6 Å². The van der Waals surface area contributed by atoms with Crippen molar-refractivity contribution >= 4 is 29.6 Å². The summed E-state index contributed by atoms with van der Waals surface area (Å²) < 4.78 is 10.9. The van der Waals surface area contributed by atoms with Gasteiger partial charge in [0.25, 0.3) is 0 Å². The van der Waals surface area contributed by atoms with Crippen molar-refractivity contribution < 1.29 is 19.2 Å². The maximum absolute atomic E-state index is 11.0. The van der Waals surface area contributed by atoms with Crippen molar-refractivity contribution in [1.29, 1.82) is 0 Å². The lowest BCUT2D eigenvalue weighted by Gasteiger charge is -2.07. The third-order valence-electron chi connectivity index (χ3n) is 3.26. The summed E-state index contributed by atoms with van der Waals surface area (Å²) in [5.41, 5.74) is 1.07. The maximum atomic E-state index is 11.0. The van der Waals surface area contributed by atoms with Crippen LogP contribution in [-0.4, -0.2) is 18.5 Å². The Kier molecular flexibility index (Phi) is 2.75. The summed E-state index contributed by atoms with van der Waals surface area (Å²) in [5.74, 6) is 0.791. The van der Waals surface area contributed by atoms with E-state index in [1.807, 2.05) is 6.07 Å². The van der Waals surface area contributed by atoms with Crippen molar-refractivity contribution in [3.63, 3.8) is 0 Å². The minimum atomic E-state index is -0.576. The van der Waals surface area contributed by atoms with E-state index in [4.69, 9.17) is 9.31 Å². The van der Waals surface area contributed by atoms with Gasteiger partial charge in [0.2, 0.25) is 0 Å². The number of fused-ring (bicyclic) bond motifs is 1. The number of carbonyl (C=O) groups excluding carboxylic acids is 1. The van der Waals surface area contributed by atoms with Crippen molar-refractivity contribution in [2.75, 3.05) is 0 Å². The number of rotatable bonds is 2. The highest BCUT2D eigenvalue weighted by Crippen LogP contribution is 2.26. The molecule has 1 N–H and O–H groups in total. The molecule has 4 nitrogen and oxygen atoms in total. The Bertz CT molecular complexity index is 735. The lowest BCUT2D eigenvalue weighted by atomic mass is 9.78. The molecule has 20 heavy (non-hydrogen) atoms. The van der Waals surface area contributed by atoms with Crippen molar-refractivity contribution in [3.8, 4) is 5.75 Å². The fourth-order valence-electron chi connectivity index (χ4n) is 2.18. The van der Waals surface area contributed by atoms with Gasteiger partial charge in [-0.2, -0.15) is 0 Å². The monoisotopic (exact) mass is 266 g/mol. The molecule has 1 heterocycles. The lowest BCUT2D eigenvalue weighted by molar-refractivity contribution is 0.112. The van der Waals surface area contributed by atoms with Gasteiger partial charge in [-0.15, -0.1) is 0 Å². The Morgan fingerprint density at radius 3 is 2.45 bits per heavy atom. The normalized spacial score (nSPS) is 14.3. The van der Waals surface area contributed by atoms with Crippen LogP contribution < -0.4 is 5.46 Å². The van der Waals surface area contributed by atoms with Crippen LogP contribution in [-0.2, 0) is 9.31 Å². The highest BCUT2D eigenvalue weighted by Gasteiger charge is 2.34. The molecule has 0 atom stereocenters. The first kappa shape index (κ1) is 12.4. The van der Waals surface area contributed by atoms with E-state index >= 15 is 0 Å². The summed E-state index contributed by atoms with van der Waals surface area (Å²) in [6, 6.07) is 8.61. The molecule has 98 valence electrons. The van der Waals surface area contributed by atoms with Gasteiger partial charge in [0.05, 0.1) is 5.56 Å². The first-order chi connectivity index (χ1) is 9.60. The van der Waals surface area contributed by atoms with Crippen molar-refractivity contribution in [1.82, 2.24) is 0 Å². The Hall–Kier alpha value is -2.69. The minimum Gasteiger partial charge on any atom is -0.520 e. The van der Waals surface area contributed by atoms with Gasteiger partial charge in [0.1, 0.15) is 17.3 Å². The number of phenolic OH excluding ortho intramolecular Hbond substituents is 1. The molecule has 1 saturated heterocycles. The molecule has 0 aromatic heterocycles. The Morgan fingerprint density at radius 2 is 1.80 bits per heavy atom.